The van der Waals surface area contributed by atoms with Crippen LogP contribution in [0.2, 0.25) is 0 Å². The largest absolute Gasteiger partial charge is 0.490 e. The topological polar surface area (TPSA) is 42.5 Å². The van der Waals surface area contributed by atoms with E-state index in [1.54, 1.807) is 0 Å². The summed E-state index contributed by atoms with van der Waals surface area (Å²) in [4.78, 5) is 0. The van der Waals surface area contributed by atoms with E-state index in [1.165, 1.54) is 29.5 Å². The monoisotopic (exact) mass is 368 g/mol. The van der Waals surface area contributed by atoms with Gasteiger partial charge in [-0.3, -0.25) is 0 Å². The lowest BCUT2D eigenvalue weighted by molar-refractivity contribution is 0.269. The lowest BCUT2D eigenvalue weighted by atomic mass is 9.98. The van der Waals surface area contributed by atoms with Crippen LogP contribution in [-0.2, 0) is 13.2 Å². The Labute approximate surface area is 163 Å². The molecule has 1 saturated heterocycles. The Kier molecular flexibility index (Phi) is 7.55. The van der Waals surface area contributed by atoms with Crippen molar-refractivity contribution < 1.29 is 9.47 Å². The molecule has 27 heavy (non-hydrogen) atoms. The zero-order valence-electron chi connectivity index (χ0n) is 16.6. The molecule has 1 aliphatic rings. The van der Waals surface area contributed by atoms with Gasteiger partial charge in [0.2, 0.25) is 0 Å². The average Bonchev–Trinajstić information content (AvgIpc) is 2.68. The maximum absolute atomic E-state index is 6.03. The number of benzene rings is 2. The van der Waals surface area contributed by atoms with Gasteiger partial charge in [0.1, 0.15) is 6.61 Å². The minimum absolute atomic E-state index is 0.551. The van der Waals surface area contributed by atoms with E-state index in [9.17, 15) is 0 Å². The molecule has 0 aromatic heterocycles. The molecule has 0 atom stereocenters. The molecule has 2 aromatic carbocycles. The van der Waals surface area contributed by atoms with Gasteiger partial charge >= 0.3 is 0 Å². The first-order valence-corrected chi connectivity index (χ1v) is 10.1. The smallest absolute Gasteiger partial charge is 0.161 e. The third-order valence-corrected chi connectivity index (χ3v) is 5.01. The highest BCUT2D eigenvalue weighted by atomic mass is 16.5. The van der Waals surface area contributed by atoms with Gasteiger partial charge < -0.3 is 20.1 Å². The minimum Gasteiger partial charge on any atom is -0.490 e. The molecule has 0 unspecified atom stereocenters. The van der Waals surface area contributed by atoms with Crippen LogP contribution in [-0.4, -0.2) is 26.2 Å². The fourth-order valence-corrected chi connectivity index (χ4v) is 3.52. The molecule has 0 amide bonds. The summed E-state index contributed by atoms with van der Waals surface area (Å²) < 4.78 is 11.9. The molecule has 0 spiro atoms. The summed E-state index contributed by atoms with van der Waals surface area (Å²) in [5.41, 5.74) is 3.65. The number of hydrogen-bond acceptors (Lipinski definition) is 4. The molecule has 1 fully saturated rings. The summed E-state index contributed by atoms with van der Waals surface area (Å²) in [6, 6.07) is 14.7. The summed E-state index contributed by atoms with van der Waals surface area (Å²) in [6.45, 7) is 9.52. The normalized spacial score (nSPS) is 14.9. The molecule has 3 rings (SSSR count). The van der Waals surface area contributed by atoms with E-state index < -0.39 is 0 Å². The van der Waals surface area contributed by atoms with Crippen LogP contribution in [0.5, 0.6) is 11.5 Å². The van der Waals surface area contributed by atoms with Crippen LogP contribution in [0.15, 0.2) is 42.5 Å². The summed E-state index contributed by atoms with van der Waals surface area (Å²) in [5.74, 6) is 2.42. The van der Waals surface area contributed by atoms with Crippen molar-refractivity contribution in [3.05, 3.63) is 59.2 Å². The van der Waals surface area contributed by atoms with Crippen molar-refractivity contribution in [3.63, 3.8) is 0 Å². The highest BCUT2D eigenvalue weighted by Gasteiger charge is 2.12. The number of nitrogens with one attached hydrogen (secondary N) is 2. The standard InChI is InChI=1S/C23H32N2O2/c1-3-26-23-14-20(16-25-15-19-9-11-24-12-10-19)7-8-22(23)27-17-21-6-4-5-18(2)13-21/h4-8,13-14,19,24-25H,3,9-12,15-17H2,1-2H3. The predicted octanol–water partition coefficient (Wildman–Crippen LogP) is 4.06. The maximum Gasteiger partial charge on any atom is 0.161 e. The Morgan fingerprint density at radius 1 is 1.00 bits per heavy atom. The Bertz CT molecular complexity index is 711. The molecule has 2 aromatic rings. The van der Waals surface area contributed by atoms with Crippen molar-refractivity contribution >= 4 is 0 Å². The van der Waals surface area contributed by atoms with Gasteiger partial charge in [-0.1, -0.05) is 35.9 Å². The minimum atomic E-state index is 0.551. The summed E-state index contributed by atoms with van der Waals surface area (Å²) in [5, 5.41) is 7.02. The van der Waals surface area contributed by atoms with E-state index >= 15 is 0 Å². The summed E-state index contributed by atoms with van der Waals surface area (Å²) in [6.07, 6.45) is 2.53. The van der Waals surface area contributed by atoms with Crippen LogP contribution in [0.1, 0.15) is 36.5 Å². The Hall–Kier alpha value is -2.04. The van der Waals surface area contributed by atoms with Gasteiger partial charge in [-0.2, -0.15) is 0 Å². The molecular formula is C23H32N2O2. The number of piperidine rings is 1. The Balaban J connectivity index is 1.56. The number of rotatable bonds is 9. The second kappa shape index (κ2) is 10.3. The molecule has 0 aliphatic carbocycles. The highest BCUT2D eigenvalue weighted by Crippen LogP contribution is 2.29. The lowest BCUT2D eigenvalue weighted by Crippen LogP contribution is -2.33. The molecule has 1 aliphatic heterocycles. The number of aryl methyl sites for hydroxylation is 1. The molecule has 0 bridgehead atoms. The van der Waals surface area contributed by atoms with Gasteiger partial charge in [-0.25, -0.2) is 0 Å². The Morgan fingerprint density at radius 3 is 2.63 bits per heavy atom. The third kappa shape index (κ3) is 6.26. The zero-order valence-corrected chi connectivity index (χ0v) is 16.6. The van der Waals surface area contributed by atoms with Gasteiger partial charge in [0.15, 0.2) is 11.5 Å². The van der Waals surface area contributed by atoms with Gasteiger partial charge in [-0.05, 0) is 75.5 Å². The molecule has 0 radical (unpaired) electrons. The summed E-state index contributed by atoms with van der Waals surface area (Å²) in [7, 11) is 0. The number of hydrogen-bond donors (Lipinski definition) is 2. The third-order valence-electron chi connectivity index (χ3n) is 5.01. The van der Waals surface area contributed by atoms with Crippen molar-refractivity contribution in [1.82, 2.24) is 10.6 Å². The summed E-state index contributed by atoms with van der Waals surface area (Å²) >= 11 is 0. The Morgan fingerprint density at radius 2 is 1.85 bits per heavy atom. The van der Waals surface area contributed by atoms with E-state index in [1.807, 2.05) is 13.0 Å². The molecule has 146 valence electrons. The zero-order chi connectivity index (χ0) is 18.9. The fraction of sp³-hybridized carbons (Fsp3) is 0.478. The first kappa shape index (κ1) is 19.7. The van der Waals surface area contributed by atoms with Crippen LogP contribution in [0.3, 0.4) is 0 Å². The van der Waals surface area contributed by atoms with E-state index in [0.29, 0.717) is 13.2 Å². The van der Waals surface area contributed by atoms with Crippen LogP contribution in [0.4, 0.5) is 0 Å². The van der Waals surface area contributed by atoms with Crippen LogP contribution in [0, 0.1) is 12.8 Å². The average molecular weight is 369 g/mol. The molecule has 4 nitrogen and oxygen atoms in total. The lowest BCUT2D eigenvalue weighted by Gasteiger charge is -2.23. The first-order chi connectivity index (χ1) is 13.2. The van der Waals surface area contributed by atoms with Gasteiger partial charge in [0.25, 0.3) is 0 Å². The second-order valence-electron chi connectivity index (χ2n) is 7.32. The number of ether oxygens (including phenoxy) is 2. The first-order valence-electron chi connectivity index (χ1n) is 10.1. The van der Waals surface area contributed by atoms with Crippen LogP contribution < -0.4 is 20.1 Å². The van der Waals surface area contributed by atoms with Crippen molar-refractivity contribution in [3.8, 4) is 11.5 Å². The van der Waals surface area contributed by atoms with Crippen molar-refractivity contribution in [2.24, 2.45) is 5.92 Å². The van der Waals surface area contributed by atoms with Gasteiger partial charge in [0.05, 0.1) is 6.61 Å². The molecule has 1 heterocycles. The van der Waals surface area contributed by atoms with E-state index in [0.717, 1.165) is 43.6 Å². The quantitative estimate of drug-likeness (QED) is 0.700. The molecular weight excluding hydrogens is 336 g/mol. The van der Waals surface area contributed by atoms with Crippen LogP contribution >= 0.6 is 0 Å². The van der Waals surface area contributed by atoms with Crippen LogP contribution in [0.25, 0.3) is 0 Å². The fourth-order valence-electron chi connectivity index (χ4n) is 3.52. The molecule has 2 N–H and O–H groups in total. The van der Waals surface area contributed by atoms with Gasteiger partial charge in [-0.15, -0.1) is 0 Å². The van der Waals surface area contributed by atoms with E-state index in [4.69, 9.17) is 9.47 Å². The SMILES string of the molecule is CCOc1cc(CNCC2CCNCC2)ccc1OCc1cccc(C)c1. The molecule has 0 saturated carbocycles. The van der Waals surface area contributed by atoms with Crippen molar-refractivity contribution in [2.45, 2.75) is 39.8 Å². The predicted molar refractivity (Wildman–Crippen MR) is 110 cm³/mol. The van der Waals surface area contributed by atoms with Crippen molar-refractivity contribution in [2.75, 3.05) is 26.2 Å². The molecule has 4 heteroatoms. The van der Waals surface area contributed by atoms with E-state index in [2.05, 4.69) is 54.0 Å². The maximum atomic E-state index is 6.03. The van der Waals surface area contributed by atoms with Crippen molar-refractivity contribution in [1.29, 1.82) is 0 Å². The van der Waals surface area contributed by atoms with E-state index in [-0.39, 0.29) is 0 Å². The second-order valence-corrected chi connectivity index (χ2v) is 7.32. The van der Waals surface area contributed by atoms with Gasteiger partial charge in [0, 0.05) is 6.54 Å². The highest BCUT2D eigenvalue weighted by molar-refractivity contribution is 5.43.